The van der Waals surface area contributed by atoms with Crippen molar-refractivity contribution < 1.29 is 19.4 Å². The van der Waals surface area contributed by atoms with Crippen LogP contribution in [0.25, 0.3) is 22.3 Å². The van der Waals surface area contributed by atoms with E-state index in [1.54, 1.807) is 0 Å². The molecule has 6 aromatic rings. The fraction of sp³-hybridized carbons (Fsp3) is 0.191. The van der Waals surface area contributed by atoms with Crippen LogP contribution in [0.3, 0.4) is 0 Å². The molecule has 0 radical (unpaired) electrons. The van der Waals surface area contributed by atoms with E-state index in [0.717, 1.165) is 16.8 Å². The highest BCUT2D eigenvalue weighted by molar-refractivity contribution is 6.40. The first kappa shape index (κ1) is 40.7. The van der Waals surface area contributed by atoms with Gasteiger partial charge in [0.1, 0.15) is 6.61 Å². The quantitative estimate of drug-likeness (QED) is 0.104. The molecule has 6 nitrogen and oxygen atoms in total. The van der Waals surface area contributed by atoms with Crippen molar-refractivity contribution in [3.8, 4) is 22.3 Å². The van der Waals surface area contributed by atoms with Crippen LogP contribution in [-0.2, 0) is 9.53 Å². The number of fused-ring (bicyclic) bond motifs is 6. The molecule has 0 heterocycles. The van der Waals surface area contributed by atoms with E-state index in [1.807, 2.05) is 100 Å². The summed E-state index contributed by atoms with van der Waals surface area (Å²) >= 11 is 9.53. The molecular formula is C47H44Cl2N2O4. The van der Waals surface area contributed by atoms with Crippen LogP contribution in [0.5, 0.6) is 0 Å². The number of carbonyl (C=O) groups is 1. The Morgan fingerprint density at radius 3 is 1.49 bits per heavy atom. The van der Waals surface area contributed by atoms with Gasteiger partial charge in [0, 0.05) is 17.5 Å². The predicted molar refractivity (Wildman–Crippen MR) is 226 cm³/mol. The van der Waals surface area contributed by atoms with Crippen LogP contribution in [0.1, 0.15) is 56.3 Å². The van der Waals surface area contributed by atoms with Gasteiger partial charge in [0.25, 0.3) is 0 Å². The summed E-state index contributed by atoms with van der Waals surface area (Å²) in [6.07, 6.45) is 1.10. The number of alkyl halides is 2. The maximum absolute atomic E-state index is 12.3. The van der Waals surface area contributed by atoms with E-state index >= 15 is 0 Å². The lowest BCUT2D eigenvalue weighted by molar-refractivity contribution is 0.158. The van der Waals surface area contributed by atoms with Crippen molar-refractivity contribution in [2.24, 2.45) is 4.99 Å². The van der Waals surface area contributed by atoms with Crippen LogP contribution >= 0.6 is 23.2 Å². The summed E-state index contributed by atoms with van der Waals surface area (Å²) in [7, 11) is 0. The highest BCUT2D eigenvalue weighted by Gasteiger charge is 2.29. The summed E-state index contributed by atoms with van der Waals surface area (Å²) < 4.78 is 5.58. The molecular weight excluding hydrogens is 727 g/mol. The van der Waals surface area contributed by atoms with Crippen molar-refractivity contribution in [3.63, 3.8) is 0 Å². The van der Waals surface area contributed by atoms with Gasteiger partial charge >= 0.3 is 6.09 Å². The number of ether oxygens (including phenoxy) is 1. The summed E-state index contributed by atoms with van der Waals surface area (Å²) in [5.74, 6) is 0.240. The van der Waals surface area contributed by atoms with Gasteiger partial charge in [-0.3, -0.25) is 5.32 Å². The Labute approximate surface area is 333 Å². The third-order valence-corrected chi connectivity index (χ3v) is 9.63. The number of hydrogen-bond donors (Lipinski definition) is 2. The van der Waals surface area contributed by atoms with Crippen LogP contribution < -0.4 is 5.32 Å². The summed E-state index contributed by atoms with van der Waals surface area (Å²) in [5.41, 5.74) is 15.8. The maximum atomic E-state index is 12.3. The minimum Gasteiger partial charge on any atom is -0.448 e. The molecule has 8 rings (SSSR count). The van der Waals surface area contributed by atoms with Gasteiger partial charge in [0.2, 0.25) is 6.08 Å². The van der Waals surface area contributed by atoms with Crippen molar-refractivity contribution in [1.82, 2.24) is 0 Å². The molecule has 0 spiro atoms. The number of anilines is 1. The Hall–Kier alpha value is -5.49. The van der Waals surface area contributed by atoms with Gasteiger partial charge in [-0.25, -0.2) is 9.59 Å². The second-order valence-corrected chi connectivity index (χ2v) is 14.1. The number of aryl methyl sites for hydroxylation is 4. The second kappa shape index (κ2) is 19.7. The standard InChI is InChI=1S/C23H21NO2.C14H12O.C9H9NO.CH2Cl2/c1-15-11-12-22(16(2)13-15)24-23(25)26-14-21-19-9-5-3-7-17(19)18-8-4-6-10-20(18)21;15-9-14-12-7-3-1-5-10(12)11-6-2-4-8-13(11)14;1-7-3-4-9(10-6-11)8(2)5-7;2-1-3/h3-13,21H,14H2,1-2H3,(H,24,25);1-8,14-15H,9H2;3-5H,1-2H3;1H2. The molecule has 8 heteroatoms. The average molecular weight is 772 g/mol. The molecule has 6 aromatic carbocycles. The van der Waals surface area contributed by atoms with Crippen molar-refractivity contribution in [3.05, 3.63) is 178 Å². The molecule has 55 heavy (non-hydrogen) atoms. The number of rotatable bonds is 5. The molecule has 1 amide bonds. The van der Waals surface area contributed by atoms with E-state index in [2.05, 4.69) is 71.0 Å². The Bertz CT molecular complexity index is 2210. The number of benzene rings is 6. The van der Waals surface area contributed by atoms with Crippen molar-refractivity contribution >= 4 is 46.7 Å². The Morgan fingerprint density at radius 2 is 1.07 bits per heavy atom. The van der Waals surface area contributed by atoms with E-state index in [0.29, 0.717) is 12.3 Å². The first-order valence-corrected chi connectivity index (χ1v) is 19.0. The molecule has 0 saturated carbocycles. The molecule has 2 aliphatic rings. The second-order valence-electron chi connectivity index (χ2n) is 13.3. The number of hydrogen-bond acceptors (Lipinski definition) is 5. The van der Waals surface area contributed by atoms with Crippen LogP contribution in [0.2, 0.25) is 0 Å². The van der Waals surface area contributed by atoms with Crippen LogP contribution in [0.4, 0.5) is 16.2 Å². The lowest BCUT2D eigenvalue weighted by Gasteiger charge is -2.15. The minimum atomic E-state index is -0.418. The zero-order valence-corrected chi connectivity index (χ0v) is 32.9. The maximum Gasteiger partial charge on any atom is 0.411 e. The molecule has 0 fully saturated rings. The molecule has 0 aliphatic heterocycles. The number of nitrogens with zero attached hydrogens (tertiary/aromatic N) is 1. The fourth-order valence-corrected chi connectivity index (χ4v) is 7.13. The number of amides is 1. The van der Waals surface area contributed by atoms with Gasteiger partial charge in [0.05, 0.1) is 17.6 Å². The molecule has 0 saturated heterocycles. The first-order valence-electron chi connectivity index (χ1n) is 18.0. The number of aliphatic imine (C=N–C) groups is 1. The van der Waals surface area contributed by atoms with E-state index < -0.39 is 6.09 Å². The van der Waals surface area contributed by atoms with E-state index in [4.69, 9.17) is 27.9 Å². The molecule has 2 N–H and O–H groups in total. The number of carbonyl (C=O) groups excluding carboxylic acids is 2. The van der Waals surface area contributed by atoms with Crippen molar-refractivity contribution in [1.29, 1.82) is 0 Å². The van der Waals surface area contributed by atoms with Crippen LogP contribution in [0, 0.1) is 27.7 Å². The third-order valence-electron chi connectivity index (χ3n) is 9.63. The Morgan fingerprint density at radius 1 is 0.655 bits per heavy atom. The number of aliphatic hydroxyl groups excluding tert-OH is 1. The molecule has 2 aliphatic carbocycles. The van der Waals surface area contributed by atoms with Gasteiger partial charge in [0.15, 0.2) is 0 Å². The Balaban J connectivity index is 0.000000168. The van der Waals surface area contributed by atoms with E-state index in [1.165, 1.54) is 61.7 Å². The lowest BCUT2D eigenvalue weighted by Crippen LogP contribution is -2.18. The molecule has 0 aromatic heterocycles. The van der Waals surface area contributed by atoms with Crippen LogP contribution in [0.15, 0.2) is 138 Å². The van der Waals surface area contributed by atoms with Gasteiger partial charge in [-0.05, 0) is 95.5 Å². The normalized spacial score (nSPS) is 11.7. The molecule has 0 unspecified atom stereocenters. The zero-order chi connectivity index (χ0) is 39.3. The number of nitrogens with one attached hydrogen (secondary N) is 1. The summed E-state index contributed by atoms with van der Waals surface area (Å²) in [4.78, 5) is 25.8. The van der Waals surface area contributed by atoms with Gasteiger partial charge in [-0.15, -0.1) is 23.2 Å². The topological polar surface area (TPSA) is 88.0 Å². The van der Waals surface area contributed by atoms with Gasteiger partial charge < -0.3 is 9.84 Å². The minimum absolute atomic E-state index is 0.0762. The monoisotopic (exact) mass is 770 g/mol. The Kier molecular flexibility index (Phi) is 14.6. The third kappa shape index (κ3) is 9.99. The zero-order valence-electron chi connectivity index (χ0n) is 31.4. The largest absolute Gasteiger partial charge is 0.448 e. The first-order chi connectivity index (χ1) is 26.7. The number of halogens is 2. The van der Waals surface area contributed by atoms with Crippen LogP contribution in [-0.4, -0.2) is 35.8 Å². The average Bonchev–Trinajstić information content (AvgIpc) is 3.69. The van der Waals surface area contributed by atoms with Crippen molar-refractivity contribution in [2.45, 2.75) is 39.5 Å². The van der Waals surface area contributed by atoms with Gasteiger partial charge in [-0.2, -0.15) is 4.99 Å². The van der Waals surface area contributed by atoms with Gasteiger partial charge in [-0.1, -0.05) is 132 Å². The molecule has 280 valence electrons. The van der Waals surface area contributed by atoms with E-state index in [9.17, 15) is 14.7 Å². The lowest BCUT2D eigenvalue weighted by atomic mass is 9.98. The summed E-state index contributed by atoms with van der Waals surface area (Å²) in [6, 6.07) is 44.9. The van der Waals surface area contributed by atoms with Crippen molar-refractivity contribution in [2.75, 3.05) is 23.9 Å². The highest BCUT2D eigenvalue weighted by atomic mass is 35.5. The number of isocyanates is 1. The molecule has 0 bridgehead atoms. The molecule has 0 atom stereocenters. The summed E-state index contributed by atoms with van der Waals surface area (Å²) in [5, 5.41) is 12.5. The highest BCUT2D eigenvalue weighted by Crippen LogP contribution is 2.45. The SMILES string of the molecule is Cc1ccc(N=C=O)c(C)c1.Cc1ccc(NC(=O)OCC2c3ccccc3-c3ccccc32)c(C)c1.ClCCl.OCC1c2ccccc2-c2ccccc21. The number of aliphatic hydroxyl groups is 1. The summed E-state index contributed by atoms with van der Waals surface area (Å²) in [6.45, 7) is 8.44. The smallest absolute Gasteiger partial charge is 0.411 e. The fourth-order valence-electron chi connectivity index (χ4n) is 7.13. The van der Waals surface area contributed by atoms with E-state index in [-0.39, 0.29) is 23.8 Å². The predicted octanol–water partition coefficient (Wildman–Crippen LogP) is 12.1.